The van der Waals surface area contributed by atoms with E-state index in [1.807, 2.05) is 62.4 Å². The van der Waals surface area contributed by atoms with Crippen LogP contribution in [0.1, 0.15) is 36.1 Å². The van der Waals surface area contributed by atoms with Gasteiger partial charge >= 0.3 is 0 Å². The lowest BCUT2D eigenvalue weighted by Gasteiger charge is -2.24. The van der Waals surface area contributed by atoms with Gasteiger partial charge in [0.15, 0.2) is 6.10 Å². The Morgan fingerprint density at radius 2 is 1.61 bits per heavy atom. The van der Waals surface area contributed by atoms with E-state index in [-0.39, 0.29) is 11.9 Å². The highest BCUT2D eigenvalue weighted by Crippen LogP contribution is 2.25. The van der Waals surface area contributed by atoms with Crippen LogP contribution in [0.4, 0.5) is 5.69 Å². The molecule has 0 aliphatic heterocycles. The summed E-state index contributed by atoms with van der Waals surface area (Å²) in [7, 11) is -1.86. The smallest absolute Gasteiger partial charge is 0.261 e. The van der Waals surface area contributed by atoms with Crippen LogP contribution >= 0.6 is 0 Å². The number of nitrogens with one attached hydrogen (secondary N) is 1. The van der Waals surface area contributed by atoms with Crippen molar-refractivity contribution in [2.75, 3.05) is 17.6 Å². The predicted molar refractivity (Wildman–Crippen MR) is 132 cm³/mol. The van der Waals surface area contributed by atoms with Crippen LogP contribution in [0.5, 0.6) is 5.75 Å². The van der Waals surface area contributed by atoms with Gasteiger partial charge < -0.3 is 10.1 Å². The summed E-state index contributed by atoms with van der Waals surface area (Å²) < 4.78 is 30.6. The Labute approximate surface area is 196 Å². The molecule has 0 unspecified atom stereocenters. The number of ether oxygens (including phenoxy) is 1. The maximum absolute atomic E-state index is 13.2. The van der Waals surface area contributed by atoms with Gasteiger partial charge in [0.25, 0.3) is 5.91 Å². The SMILES string of the molecule is CC[C@@H](Oc1ccc(N(C)S(C)(=O)=O)cc1)C(=O)N[C@@H](c1ccccc1)c1cccc(C)c1. The Hall–Kier alpha value is -3.32. The highest BCUT2D eigenvalue weighted by molar-refractivity contribution is 7.92. The molecule has 1 N–H and O–H groups in total. The molecule has 2 atom stereocenters. The molecule has 0 aromatic heterocycles. The maximum atomic E-state index is 13.2. The molecule has 0 heterocycles. The molecule has 0 fully saturated rings. The second-order valence-electron chi connectivity index (χ2n) is 8.01. The Morgan fingerprint density at radius 1 is 0.970 bits per heavy atom. The third-order valence-electron chi connectivity index (χ3n) is 5.43. The summed E-state index contributed by atoms with van der Waals surface area (Å²) in [4.78, 5) is 13.2. The molecular weight excluding hydrogens is 436 g/mol. The van der Waals surface area contributed by atoms with E-state index in [0.717, 1.165) is 22.9 Å². The van der Waals surface area contributed by atoms with Gasteiger partial charge in [-0.25, -0.2) is 8.42 Å². The van der Waals surface area contributed by atoms with E-state index in [2.05, 4.69) is 11.4 Å². The topological polar surface area (TPSA) is 75.7 Å². The Balaban J connectivity index is 1.78. The van der Waals surface area contributed by atoms with Crippen molar-refractivity contribution in [3.8, 4) is 5.75 Å². The van der Waals surface area contributed by atoms with Crippen molar-refractivity contribution in [1.29, 1.82) is 0 Å². The molecule has 7 heteroatoms. The molecule has 0 saturated carbocycles. The fraction of sp³-hybridized carbons (Fsp3) is 0.269. The Kier molecular flexibility index (Phi) is 7.76. The first kappa shape index (κ1) is 24.3. The number of aryl methyl sites for hydroxylation is 1. The van der Waals surface area contributed by atoms with Crippen LogP contribution in [0.15, 0.2) is 78.9 Å². The number of sulfonamides is 1. The van der Waals surface area contributed by atoms with Gasteiger partial charge in [-0.2, -0.15) is 0 Å². The van der Waals surface area contributed by atoms with Crippen molar-refractivity contribution in [1.82, 2.24) is 5.32 Å². The monoisotopic (exact) mass is 466 g/mol. The summed E-state index contributed by atoms with van der Waals surface area (Å²) in [6.07, 6.45) is 0.929. The van der Waals surface area contributed by atoms with E-state index in [9.17, 15) is 13.2 Å². The Morgan fingerprint density at radius 3 is 2.18 bits per heavy atom. The molecule has 33 heavy (non-hydrogen) atoms. The number of anilines is 1. The lowest BCUT2D eigenvalue weighted by atomic mass is 9.97. The largest absolute Gasteiger partial charge is 0.481 e. The number of carbonyl (C=O) groups is 1. The minimum atomic E-state index is -3.35. The van der Waals surface area contributed by atoms with E-state index >= 15 is 0 Å². The predicted octanol–water partition coefficient (Wildman–Crippen LogP) is 4.45. The van der Waals surface area contributed by atoms with Crippen LogP contribution in [-0.2, 0) is 14.8 Å². The molecule has 3 rings (SSSR count). The number of hydrogen-bond donors (Lipinski definition) is 1. The van der Waals surface area contributed by atoms with Crippen LogP contribution in [-0.4, -0.2) is 33.7 Å². The first-order valence-corrected chi connectivity index (χ1v) is 12.7. The third kappa shape index (κ3) is 6.35. The first-order chi connectivity index (χ1) is 15.7. The van der Waals surface area contributed by atoms with Crippen LogP contribution in [0.3, 0.4) is 0 Å². The molecule has 0 radical (unpaired) electrons. The molecule has 3 aromatic carbocycles. The van der Waals surface area contributed by atoms with E-state index in [4.69, 9.17) is 4.74 Å². The normalized spacial score (nSPS) is 13.1. The summed E-state index contributed by atoms with van der Waals surface area (Å²) in [6.45, 7) is 3.91. The molecule has 0 aliphatic rings. The van der Waals surface area contributed by atoms with E-state index in [1.165, 1.54) is 11.4 Å². The zero-order valence-corrected chi connectivity index (χ0v) is 20.2. The summed E-state index contributed by atoms with van der Waals surface area (Å²) >= 11 is 0. The van der Waals surface area contributed by atoms with Gasteiger partial charge in [-0.15, -0.1) is 0 Å². The Bertz CT molecular complexity index is 1180. The molecule has 0 saturated heterocycles. The van der Waals surface area contributed by atoms with Gasteiger partial charge in [-0.05, 0) is 48.7 Å². The standard InChI is InChI=1S/C26H30N2O4S/c1-5-24(32-23-16-14-22(15-17-23)28(3)33(4,30)31)26(29)27-25(20-11-7-6-8-12-20)21-13-9-10-19(2)18-21/h6-18,24-25H,5H2,1-4H3,(H,27,29)/t24-,25+/m1/s1. The maximum Gasteiger partial charge on any atom is 0.261 e. The van der Waals surface area contributed by atoms with Gasteiger partial charge in [-0.3, -0.25) is 9.10 Å². The van der Waals surface area contributed by atoms with Gasteiger partial charge in [0.05, 0.1) is 18.0 Å². The van der Waals surface area contributed by atoms with Gasteiger partial charge in [0.1, 0.15) is 5.75 Å². The highest BCUT2D eigenvalue weighted by atomic mass is 32.2. The lowest BCUT2D eigenvalue weighted by molar-refractivity contribution is -0.128. The van der Waals surface area contributed by atoms with Crippen molar-refractivity contribution in [3.63, 3.8) is 0 Å². The fourth-order valence-electron chi connectivity index (χ4n) is 3.50. The van der Waals surface area contributed by atoms with Gasteiger partial charge in [0.2, 0.25) is 10.0 Å². The van der Waals surface area contributed by atoms with Crippen molar-refractivity contribution >= 4 is 21.6 Å². The first-order valence-electron chi connectivity index (χ1n) is 10.8. The van der Waals surface area contributed by atoms with Crippen LogP contribution in [0.25, 0.3) is 0 Å². The second kappa shape index (κ2) is 10.5. The van der Waals surface area contributed by atoms with Gasteiger partial charge in [-0.1, -0.05) is 67.1 Å². The minimum absolute atomic E-state index is 0.217. The second-order valence-corrected chi connectivity index (χ2v) is 10.0. The minimum Gasteiger partial charge on any atom is -0.481 e. The zero-order valence-electron chi connectivity index (χ0n) is 19.4. The molecule has 0 aliphatic carbocycles. The fourth-order valence-corrected chi connectivity index (χ4v) is 4.01. The quantitative estimate of drug-likeness (QED) is 0.505. The van der Waals surface area contributed by atoms with Crippen LogP contribution in [0.2, 0.25) is 0 Å². The molecule has 0 bridgehead atoms. The summed E-state index contributed by atoms with van der Waals surface area (Å²) in [6, 6.07) is 24.2. The third-order valence-corrected chi connectivity index (χ3v) is 6.64. The molecule has 1 amide bonds. The molecule has 3 aromatic rings. The molecular formula is C26H30N2O4S. The summed E-state index contributed by atoms with van der Waals surface area (Å²) in [5.74, 6) is 0.277. The number of nitrogens with zero attached hydrogens (tertiary/aromatic N) is 1. The van der Waals surface area contributed by atoms with Crippen molar-refractivity contribution in [2.45, 2.75) is 32.4 Å². The van der Waals surface area contributed by atoms with Gasteiger partial charge in [0, 0.05) is 7.05 Å². The van der Waals surface area contributed by atoms with E-state index in [1.54, 1.807) is 24.3 Å². The van der Waals surface area contributed by atoms with Crippen molar-refractivity contribution < 1.29 is 17.9 Å². The van der Waals surface area contributed by atoms with E-state index < -0.39 is 16.1 Å². The van der Waals surface area contributed by atoms with Crippen LogP contribution in [0, 0.1) is 6.92 Å². The average molecular weight is 467 g/mol. The average Bonchev–Trinajstić information content (AvgIpc) is 2.80. The number of benzene rings is 3. The van der Waals surface area contributed by atoms with E-state index in [0.29, 0.717) is 17.9 Å². The van der Waals surface area contributed by atoms with Crippen molar-refractivity contribution in [2.24, 2.45) is 0 Å². The summed E-state index contributed by atoms with van der Waals surface area (Å²) in [5.41, 5.74) is 3.62. The lowest BCUT2D eigenvalue weighted by Crippen LogP contribution is -2.40. The van der Waals surface area contributed by atoms with Crippen molar-refractivity contribution in [3.05, 3.63) is 95.6 Å². The van der Waals surface area contributed by atoms with Crippen LogP contribution < -0.4 is 14.4 Å². The zero-order chi connectivity index (χ0) is 24.0. The number of amides is 1. The molecule has 174 valence electrons. The number of rotatable bonds is 9. The summed E-state index contributed by atoms with van der Waals surface area (Å²) in [5, 5.41) is 3.15. The number of carbonyl (C=O) groups excluding carboxylic acids is 1. The highest BCUT2D eigenvalue weighted by Gasteiger charge is 2.24. The molecule has 0 spiro atoms. The molecule has 6 nitrogen and oxygen atoms in total. The number of hydrogen-bond acceptors (Lipinski definition) is 4.